The summed E-state index contributed by atoms with van der Waals surface area (Å²) in [6.45, 7) is 2.15. The molecule has 0 unspecified atom stereocenters. The molecule has 0 aromatic heterocycles. The number of halogens is 1. The topological polar surface area (TPSA) is 49.4 Å². The number of hydrogen-bond donors (Lipinski definition) is 1. The Hall–Kier alpha value is -1.91. The van der Waals surface area contributed by atoms with E-state index in [0.29, 0.717) is 24.3 Å². The third-order valence-corrected chi connectivity index (χ3v) is 5.07. The minimum atomic E-state index is -0.756. The van der Waals surface area contributed by atoms with Gasteiger partial charge in [-0.3, -0.25) is 9.69 Å². The van der Waals surface area contributed by atoms with Crippen molar-refractivity contribution in [2.24, 2.45) is 5.92 Å². The van der Waals surface area contributed by atoms with Gasteiger partial charge in [-0.25, -0.2) is 9.18 Å². The second-order valence-electron chi connectivity index (χ2n) is 6.35. The number of imide groups is 1. The molecule has 118 valence electrons. The van der Waals surface area contributed by atoms with Crippen molar-refractivity contribution in [1.29, 1.82) is 0 Å². The Morgan fingerprint density at radius 3 is 2.59 bits per heavy atom. The van der Waals surface area contributed by atoms with Gasteiger partial charge in [0.15, 0.2) is 0 Å². The number of rotatable bonds is 3. The van der Waals surface area contributed by atoms with E-state index < -0.39 is 17.4 Å². The lowest BCUT2D eigenvalue weighted by molar-refractivity contribution is -0.133. The maximum Gasteiger partial charge on any atom is 0.325 e. The van der Waals surface area contributed by atoms with Crippen LogP contribution in [0, 0.1) is 11.7 Å². The van der Waals surface area contributed by atoms with Crippen molar-refractivity contribution < 1.29 is 14.0 Å². The Morgan fingerprint density at radius 1 is 1.27 bits per heavy atom. The summed E-state index contributed by atoms with van der Waals surface area (Å²) < 4.78 is 13.8. The van der Waals surface area contributed by atoms with Crippen molar-refractivity contribution in [2.45, 2.75) is 51.1 Å². The third-order valence-electron chi connectivity index (χ3n) is 5.07. The molecule has 1 aliphatic carbocycles. The van der Waals surface area contributed by atoms with Crippen LogP contribution in [-0.4, -0.2) is 22.4 Å². The minimum Gasteiger partial charge on any atom is -0.323 e. The van der Waals surface area contributed by atoms with Gasteiger partial charge in [-0.1, -0.05) is 31.5 Å². The van der Waals surface area contributed by atoms with E-state index in [1.807, 2.05) is 0 Å². The zero-order chi connectivity index (χ0) is 15.7. The summed E-state index contributed by atoms with van der Waals surface area (Å²) in [4.78, 5) is 26.1. The number of nitrogens with one attached hydrogen (secondary N) is 1. The van der Waals surface area contributed by atoms with Crippen molar-refractivity contribution in [3.05, 3.63) is 35.6 Å². The molecule has 0 radical (unpaired) electrons. The van der Waals surface area contributed by atoms with Crippen LogP contribution in [0.15, 0.2) is 24.3 Å². The number of benzene rings is 1. The predicted molar refractivity (Wildman–Crippen MR) is 80.5 cm³/mol. The van der Waals surface area contributed by atoms with E-state index in [4.69, 9.17) is 0 Å². The number of carbonyl (C=O) groups excluding carboxylic acids is 2. The summed E-state index contributed by atoms with van der Waals surface area (Å²) in [5, 5.41) is 2.87. The summed E-state index contributed by atoms with van der Waals surface area (Å²) in [6, 6.07) is 5.85. The molecule has 1 heterocycles. The summed E-state index contributed by atoms with van der Waals surface area (Å²) in [7, 11) is 0. The highest BCUT2D eigenvalue weighted by Gasteiger charge is 2.52. The first-order valence-electron chi connectivity index (χ1n) is 7.93. The molecule has 0 atom stereocenters. The van der Waals surface area contributed by atoms with Gasteiger partial charge >= 0.3 is 6.03 Å². The zero-order valence-electron chi connectivity index (χ0n) is 12.8. The van der Waals surface area contributed by atoms with Crippen molar-refractivity contribution in [3.8, 4) is 0 Å². The van der Waals surface area contributed by atoms with Crippen molar-refractivity contribution in [3.63, 3.8) is 0 Å². The lowest BCUT2D eigenvalue weighted by Crippen LogP contribution is -2.49. The molecule has 3 rings (SSSR count). The normalized spacial score (nSPS) is 28.3. The Bertz CT molecular complexity index is 594. The minimum absolute atomic E-state index is 0.00367. The average molecular weight is 304 g/mol. The predicted octanol–water partition coefficient (Wildman–Crippen LogP) is 3.22. The maximum atomic E-state index is 13.8. The summed E-state index contributed by atoms with van der Waals surface area (Å²) in [5.41, 5.74) is -0.390. The molecular formula is C17H21FN2O2. The highest BCUT2D eigenvalue weighted by atomic mass is 19.1. The van der Waals surface area contributed by atoms with Gasteiger partial charge in [-0.15, -0.1) is 0 Å². The Labute approximate surface area is 129 Å². The fourth-order valence-electron chi connectivity index (χ4n) is 3.53. The van der Waals surface area contributed by atoms with Crippen LogP contribution in [0.25, 0.3) is 0 Å². The molecule has 2 aliphatic rings. The molecule has 22 heavy (non-hydrogen) atoms. The average Bonchev–Trinajstić information content (AvgIpc) is 2.75. The second-order valence-corrected chi connectivity index (χ2v) is 6.35. The van der Waals surface area contributed by atoms with Crippen LogP contribution in [0.2, 0.25) is 0 Å². The zero-order valence-corrected chi connectivity index (χ0v) is 12.8. The highest BCUT2D eigenvalue weighted by molar-refractivity contribution is 6.07. The fourth-order valence-corrected chi connectivity index (χ4v) is 3.53. The molecule has 0 bridgehead atoms. The largest absolute Gasteiger partial charge is 0.325 e. The van der Waals surface area contributed by atoms with E-state index in [9.17, 15) is 14.0 Å². The quantitative estimate of drug-likeness (QED) is 0.872. The van der Waals surface area contributed by atoms with Gasteiger partial charge in [0.05, 0.1) is 6.54 Å². The first-order chi connectivity index (χ1) is 10.6. The second kappa shape index (κ2) is 5.71. The van der Waals surface area contributed by atoms with Gasteiger partial charge < -0.3 is 5.32 Å². The maximum absolute atomic E-state index is 13.8. The van der Waals surface area contributed by atoms with Crippen LogP contribution in [0.4, 0.5) is 9.18 Å². The van der Waals surface area contributed by atoms with Crippen LogP contribution >= 0.6 is 0 Å². The highest BCUT2D eigenvalue weighted by Crippen LogP contribution is 2.38. The van der Waals surface area contributed by atoms with Crippen molar-refractivity contribution >= 4 is 11.9 Å². The third kappa shape index (κ3) is 2.49. The van der Waals surface area contributed by atoms with Crippen molar-refractivity contribution in [1.82, 2.24) is 10.2 Å². The van der Waals surface area contributed by atoms with E-state index in [0.717, 1.165) is 24.2 Å². The number of urea groups is 1. The van der Waals surface area contributed by atoms with Gasteiger partial charge in [-0.2, -0.15) is 0 Å². The van der Waals surface area contributed by atoms with Gasteiger partial charge in [0.2, 0.25) is 0 Å². The molecule has 5 heteroatoms. The van der Waals surface area contributed by atoms with Crippen LogP contribution in [0.5, 0.6) is 0 Å². The van der Waals surface area contributed by atoms with Gasteiger partial charge in [0.1, 0.15) is 11.4 Å². The van der Waals surface area contributed by atoms with E-state index in [-0.39, 0.29) is 12.5 Å². The molecule has 2 fully saturated rings. The van der Waals surface area contributed by atoms with E-state index in [2.05, 4.69) is 12.2 Å². The first-order valence-corrected chi connectivity index (χ1v) is 7.93. The molecule has 1 aliphatic heterocycles. The number of amides is 3. The molecule has 1 aromatic rings. The fraction of sp³-hybridized carbons (Fsp3) is 0.529. The molecular weight excluding hydrogens is 283 g/mol. The van der Waals surface area contributed by atoms with Crippen LogP contribution in [-0.2, 0) is 11.3 Å². The lowest BCUT2D eigenvalue weighted by Gasteiger charge is -2.34. The molecule has 1 saturated carbocycles. The van der Waals surface area contributed by atoms with Crippen LogP contribution in [0.3, 0.4) is 0 Å². The Morgan fingerprint density at radius 2 is 1.95 bits per heavy atom. The lowest BCUT2D eigenvalue weighted by atomic mass is 9.75. The van der Waals surface area contributed by atoms with Gasteiger partial charge in [0.25, 0.3) is 5.91 Å². The van der Waals surface area contributed by atoms with Crippen molar-refractivity contribution in [2.75, 3.05) is 0 Å². The molecule has 1 saturated heterocycles. The standard InChI is InChI=1S/C17H21FN2O2/c1-2-12-7-9-17(10-8-12)15(21)20(16(22)19-17)11-13-5-3-4-6-14(13)18/h3-6,12H,2,7-11H2,1H3,(H,19,22). The molecule has 1 N–H and O–H groups in total. The molecule has 4 nitrogen and oxygen atoms in total. The molecule has 1 aromatic carbocycles. The first kappa shape index (κ1) is 15.0. The summed E-state index contributed by atoms with van der Waals surface area (Å²) >= 11 is 0. The van der Waals surface area contributed by atoms with E-state index in [1.165, 1.54) is 6.07 Å². The van der Waals surface area contributed by atoms with Crippen LogP contribution in [0.1, 0.15) is 44.6 Å². The summed E-state index contributed by atoms with van der Waals surface area (Å²) in [5.74, 6) is 0.0463. The number of nitrogens with zero attached hydrogens (tertiary/aromatic N) is 1. The smallest absolute Gasteiger partial charge is 0.323 e. The molecule has 1 spiro atoms. The Kier molecular flexibility index (Phi) is 3.89. The van der Waals surface area contributed by atoms with E-state index in [1.54, 1.807) is 18.2 Å². The monoisotopic (exact) mass is 304 g/mol. The van der Waals surface area contributed by atoms with Gasteiger partial charge in [-0.05, 0) is 37.7 Å². The number of carbonyl (C=O) groups is 2. The Balaban J connectivity index is 1.76. The summed E-state index contributed by atoms with van der Waals surface area (Å²) in [6.07, 6.45) is 4.39. The van der Waals surface area contributed by atoms with Crippen LogP contribution < -0.4 is 5.32 Å². The van der Waals surface area contributed by atoms with Gasteiger partial charge in [0, 0.05) is 5.56 Å². The van der Waals surface area contributed by atoms with E-state index >= 15 is 0 Å². The number of hydrogen-bond acceptors (Lipinski definition) is 2. The SMILES string of the molecule is CCC1CCC2(CC1)NC(=O)N(Cc1ccccc1F)C2=O. The molecule has 3 amide bonds.